The molecule has 1 aliphatic heterocycles. The Balaban J connectivity index is 1.46. The molecule has 1 aliphatic rings. The van der Waals surface area contributed by atoms with Gasteiger partial charge in [-0.2, -0.15) is 5.10 Å². The first kappa shape index (κ1) is 27.7. The third-order valence-electron chi connectivity index (χ3n) is 7.46. The number of piperidine rings is 1. The topological polar surface area (TPSA) is 107 Å². The smallest absolute Gasteiger partial charge is 0.310 e. The van der Waals surface area contributed by atoms with Crippen LogP contribution in [0.5, 0.6) is 0 Å². The standard InChI is InChI=1S/C29H29ClF2N6O2/c1-17-13-23(37-36-17)34-28-33-22(25(32)26(35-28)19-7-4-3-5-8-19)15-29(27(39)40)11-12-38(18(2)14-29)16-20-9-6-10-21(30)24(20)31/h3-10,13,18H,11-12,14-16H2,1-2H3,(H,39,40)(H2,33,34,35,36,37)/t18-,29-/m1/s1. The Labute approximate surface area is 235 Å². The summed E-state index contributed by atoms with van der Waals surface area (Å²) in [5, 5.41) is 20.4. The normalized spacial score (nSPS) is 19.5. The van der Waals surface area contributed by atoms with Gasteiger partial charge < -0.3 is 10.4 Å². The Hall–Kier alpha value is -3.89. The molecule has 40 heavy (non-hydrogen) atoms. The molecule has 0 unspecified atom stereocenters. The fourth-order valence-electron chi connectivity index (χ4n) is 5.30. The quantitative estimate of drug-likeness (QED) is 0.235. The molecule has 5 rings (SSSR count). The fraction of sp³-hybridized carbons (Fsp3) is 0.310. The molecule has 0 spiro atoms. The molecule has 8 nitrogen and oxygen atoms in total. The number of likely N-dealkylation sites (tertiary alicyclic amines) is 1. The summed E-state index contributed by atoms with van der Waals surface area (Å²) in [4.78, 5) is 23.6. The number of hydrogen-bond donors (Lipinski definition) is 3. The van der Waals surface area contributed by atoms with Crippen molar-refractivity contribution < 1.29 is 18.7 Å². The van der Waals surface area contributed by atoms with Gasteiger partial charge in [-0.1, -0.05) is 54.1 Å². The second kappa shape index (κ2) is 11.3. The van der Waals surface area contributed by atoms with Gasteiger partial charge in [-0.05, 0) is 39.3 Å². The molecule has 1 fully saturated rings. The summed E-state index contributed by atoms with van der Waals surface area (Å²) in [5.41, 5.74) is 0.611. The minimum atomic E-state index is -1.27. The largest absolute Gasteiger partial charge is 0.481 e. The van der Waals surface area contributed by atoms with Crippen LogP contribution in [0.25, 0.3) is 11.3 Å². The Bertz CT molecular complexity index is 1530. The fourth-order valence-corrected chi connectivity index (χ4v) is 5.49. The highest BCUT2D eigenvalue weighted by Gasteiger charge is 2.45. The van der Waals surface area contributed by atoms with E-state index in [1.807, 2.05) is 24.8 Å². The Kier molecular flexibility index (Phi) is 7.82. The molecule has 0 bridgehead atoms. The number of nitrogens with zero attached hydrogens (tertiary/aromatic N) is 4. The Morgan fingerprint density at radius 1 is 1.18 bits per heavy atom. The number of halogens is 3. The predicted octanol–water partition coefficient (Wildman–Crippen LogP) is 6.15. The van der Waals surface area contributed by atoms with Crippen molar-refractivity contribution in [2.45, 2.75) is 45.7 Å². The number of anilines is 2. The van der Waals surface area contributed by atoms with Gasteiger partial charge in [-0.3, -0.25) is 14.8 Å². The maximum Gasteiger partial charge on any atom is 0.310 e. The average Bonchev–Trinajstić information content (AvgIpc) is 3.34. The van der Waals surface area contributed by atoms with Crippen molar-refractivity contribution in [1.82, 2.24) is 25.1 Å². The van der Waals surface area contributed by atoms with E-state index in [-0.39, 0.29) is 47.7 Å². The van der Waals surface area contributed by atoms with Crippen molar-refractivity contribution in [2.24, 2.45) is 5.41 Å². The summed E-state index contributed by atoms with van der Waals surface area (Å²) in [6.45, 7) is 4.42. The number of carboxylic acids is 1. The molecular formula is C29H29ClF2N6O2. The number of nitrogens with one attached hydrogen (secondary N) is 2. The summed E-state index contributed by atoms with van der Waals surface area (Å²) in [5.74, 6) is -1.59. The average molecular weight is 567 g/mol. The van der Waals surface area contributed by atoms with Crippen LogP contribution in [0.2, 0.25) is 5.02 Å². The molecule has 4 aromatic rings. The van der Waals surface area contributed by atoms with E-state index in [1.165, 1.54) is 6.07 Å². The minimum absolute atomic E-state index is 0.00699. The van der Waals surface area contributed by atoms with E-state index in [4.69, 9.17) is 11.6 Å². The van der Waals surface area contributed by atoms with Gasteiger partial charge in [-0.15, -0.1) is 0 Å². The van der Waals surface area contributed by atoms with Gasteiger partial charge in [0, 0.05) is 41.9 Å². The number of aliphatic carboxylic acids is 1. The predicted molar refractivity (Wildman–Crippen MR) is 148 cm³/mol. The highest BCUT2D eigenvalue weighted by atomic mass is 35.5. The van der Waals surface area contributed by atoms with E-state index in [0.29, 0.717) is 30.0 Å². The van der Waals surface area contributed by atoms with Crippen LogP contribution in [0.1, 0.15) is 36.7 Å². The number of hydrogen-bond acceptors (Lipinski definition) is 6. The maximum atomic E-state index is 16.0. The molecule has 2 aromatic heterocycles. The van der Waals surface area contributed by atoms with Crippen LogP contribution in [0.4, 0.5) is 20.5 Å². The summed E-state index contributed by atoms with van der Waals surface area (Å²) < 4.78 is 30.5. The van der Waals surface area contributed by atoms with Crippen LogP contribution >= 0.6 is 11.6 Å². The van der Waals surface area contributed by atoms with Crippen LogP contribution in [-0.2, 0) is 17.8 Å². The molecule has 3 heterocycles. The highest BCUT2D eigenvalue weighted by Crippen LogP contribution is 2.40. The van der Waals surface area contributed by atoms with Crippen LogP contribution in [0, 0.1) is 24.0 Å². The van der Waals surface area contributed by atoms with Crippen molar-refractivity contribution in [2.75, 3.05) is 11.9 Å². The van der Waals surface area contributed by atoms with Crippen LogP contribution < -0.4 is 5.32 Å². The second-order valence-electron chi connectivity index (χ2n) is 10.3. The molecule has 2 atom stereocenters. The zero-order valence-electron chi connectivity index (χ0n) is 22.1. The number of benzene rings is 2. The Morgan fingerprint density at radius 3 is 2.62 bits per heavy atom. The van der Waals surface area contributed by atoms with Crippen molar-refractivity contribution in [1.29, 1.82) is 0 Å². The molecule has 11 heteroatoms. The maximum absolute atomic E-state index is 16.0. The summed E-state index contributed by atoms with van der Waals surface area (Å²) in [6.07, 6.45) is 0.338. The molecule has 0 amide bonds. The van der Waals surface area contributed by atoms with E-state index < -0.39 is 23.0 Å². The first-order valence-electron chi connectivity index (χ1n) is 13.0. The summed E-state index contributed by atoms with van der Waals surface area (Å²) in [6, 6.07) is 15.2. The zero-order valence-corrected chi connectivity index (χ0v) is 22.8. The van der Waals surface area contributed by atoms with Crippen LogP contribution in [0.3, 0.4) is 0 Å². The number of aromatic amines is 1. The van der Waals surface area contributed by atoms with Gasteiger partial charge >= 0.3 is 5.97 Å². The monoisotopic (exact) mass is 566 g/mol. The van der Waals surface area contributed by atoms with Gasteiger partial charge in [0.15, 0.2) is 11.6 Å². The van der Waals surface area contributed by atoms with Crippen molar-refractivity contribution in [3.8, 4) is 11.3 Å². The number of rotatable bonds is 8. The molecule has 0 aliphatic carbocycles. The van der Waals surface area contributed by atoms with Crippen molar-refractivity contribution in [3.63, 3.8) is 0 Å². The highest BCUT2D eigenvalue weighted by molar-refractivity contribution is 6.30. The number of carbonyl (C=O) groups is 1. The second-order valence-corrected chi connectivity index (χ2v) is 10.7. The molecule has 208 valence electrons. The third-order valence-corrected chi connectivity index (χ3v) is 7.76. The molecular weight excluding hydrogens is 538 g/mol. The molecule has 0 saturated carbocycles. The lowest BCUT2D eigenvalue weighted by atomic mass is 9.72. The lowest BCUT2D eigenvalue weighted by Gasteiger charge is -2.43. The van der Waals surface area contributed by atoms with Crippen LogP contribution in [0.15, 0.2) is 54.6 Å². The first-order valence-corrected chi connectivity index (χ1v) is 13.3. The Morgan fingerprint density at radius 2 is 1.95 bits per heavy atom. The number of aromatic nitrogens is 4. The van der Waals surface area contributed by atoms with Gasteiger partial charge in [0.25, 0.3) is 0 Å². The van der Waals surface area contributed by atoms with Crippen LogP contribution in [-0.4, -0.2) is 48.7 Å². The van der Waals surface area contributed by atoms with Crippen molar-refractivity contribution in [3.05, 3.63) is 88.2 Å². The van der Waals surface area contributed by atoms with E-state index in [0.717, 1.165) is 5.69 Å². The SMILES string of the molecule is Cc1cc(Nc2nc(C[C@@]3(C(=O)O)CCN(Cc4cccc(Cl)c4F)[C@H](C)C3)c(F)c(-c3ccccc3)n2)n[nH]1. The first-order chi connectivity index (χ1) is 19.1. The van der Waals surface area contributed by atoms with Gasteiger partial charge in [-0.25, -0.2) is 18.7 Å². The van der Waals surface area contributed by atoms with E-state index >= 15 is 4.39 Å². The molecule has 2 aromatic carbocycles. The van der Waals surface area contributed by atoms with E-state index in [9.17, 15) is 14.3 Å². The molecule has 0 radical (unpaired) electrons. The van der Waals surface area contributed by atoms with Gasteiger partial charge in [0.05, 0.1) is 16.1 Å². The number of H-pyrrole nitrogens is 1. The lowest BCUT2D eigenvalue weighted by Crippen LogP contribution is -2.50. The third kappa shape index (κ3) is 5.68. The van der Waals surface area contributed by atoms with Gasteiger partial charge in [0.2, 0.25) is 5.95 Å². The molecule has 1 saturated heterocycles. The summed E-state index contributed by atoms with van der Waals surface area (Å²) >= 11 is 5.95. The number of carboxylic acid groups (broad SMARTS) is 1. The lowest BCUT2D eigenvalue weighted by molar-refractivity contribution is -0.153. The van der Waals surface area contributed by atoms with Gasteiger partial charge in [0.1, 0.15) is 11.5 Å². The molecule has 3 N–H and O–H groups in total. The minimum Gasteiger partial charge on any atom is -0.481 e. The van der Waals surface area contributed by atoms with E-state index in [2.05, 4.69) is 25.5 Å². The summed E-state index contributed by atoms with van der Waals surface area (Å²) in [7, 11) is 0. The van der Waals surface area contributed by atoms with Crippen molar-refractivity contribution >= 4 is 29.3 Å². The number of aryl methyl sites for hydroxylation is 1. The zero-order chi connectivity index (χ0) is 28.4. The van der Waals surface area contributed by atoms with E-state index in [1.54, 1.807) is 42.5 Å².